The Morgan fingerprint density at radius 2 is 1.26 bits per heavy atom. The van der Waals surface area contributed by atoms with Crippen LogP contribution >= 0.6 is 0 Å². The van der Waals surface area contributed by atoms with Gasteiger partial charge in [-0.2, -0.15) is 0 Å². The molecule has 0 aliphatic carbocycles. The number of benzene rings is 2. The lowest BCUT2D eigenvalue weighted by molar-refractivity contribution is -0.129. The van der Waals surface area contributed by atoms with Crippen molar-refractivity contribution >= 4 is 17.9 Å². The van der Waals surface area contributed by atoms with Crippen molar-refractivity contribution in [3.8, 4) is 34.5 Å². The Bertz CT molecular complexity index is 1030. The molecule has 0 amide bonds. The fourth-order valence-electron chi connectivity index (χ4n) is 3.05. The minimum Gasteiger partial charge on any atom is -0.496 e. The number of aliphatic imine (C=N–C) groups is 1. The van der Waals surface area contributed by atoms with E-state index in [0.717, 1.165) is 0 Å². The largest absolute Gasteiger partial charge is 0.496 e. The second-order valence-corrected chi connectivity index (χ2v) is 6.20. The van der Waals surface area contributed by atoms with Crippen molar-refractivity contribution in [3.63, 3.8) is 0 Å². The molecule has 0 bridgehead atoms. The van der Waals surface area contributed by atoms with Gasteiger partial charge in [-0.05, 0) is 24.3 Å². The second kappa shape index (κ2) is 9.29. The third-order valence-electron chi connectivity index (χ3n) is 4.56. The molecule has 0 unspecified atom stereocenters. The summed E-state index contributed by atoms with van der Waals surface area (Å²) >= 11 is 0. The molecule has 9 nitrogen and oxygen atoms in total. The van der Waals surface area contributed by atoms with Crippen LogP contribution in [0.1, 0.15) is 11.1 Å². The number of rotatable bonds is 8. The van der Waals surface area contributed by atoms with E-state index >= 15 is 0 Å². The second-order valence-electron chi connectivity index (χ2n) is 6.20. The Balaban J connectivity index is 2.06. The van der Waals surface area contributed by atoms with Gasteiger partial charge in [-0.1, -0.05) is 0 Å². The van der Waals surface area contributed by atoms with Gasteiger partial charge in [0, 0.05) is 17.2 Å². The number of hydrogen-bond acceptors (Lipinski definition) is 9. The molecule has 3 rings (SSSR count). The number of ether oxygens (including phenoxy) is 7. The van der Waals surface area contributed by atoms with Crippen molar-refractivity contribution < 1.29 is 38.0 Å². The molecule has 1 aliphatic rings. The smallest absolute Gasteiger partial charge is 0.363 e. The maximum Gasteiger partial charge on any atom is 0.363 e. The predicted octanol–water partition coefficient (Wildman–Crippen LogP) is 3.08. The van der Waals surface area contributed by atoms with E-state index in [4.69, 9.17) is 33.2 Å². The highest BCUT2D eigenvalue weighted by molar-refractivity contribution is 6.13. The fraction of sp³-hybridized carbons (Fsp3) is 0.273. The molecule has 2 aromatic carbocycles. The lowest BCUT2D eigenvalue weighted by atomic mass is 10.1. The SMILES string of the molecule is COc1cc(OC)c(OC)cc1C=C1N=C(c2cc(OC)c(OC)c(OC)c2)OC1=O. The van der Waals surface area contributed by atoms with Crippen LogP contribution in [0.5, 0.6) is 34.5 Å². The molecular formula is C22H23NO8. The Morgan fingerprint density at radius 3 is 1.77 bits per heavy atom. The van der Waals surface area contributed by atoms with Crippen LogP contribution in [0.2, 0.25) is 0 Å². The summed E-state index contributed by atoms with van der Waals surface area (Å²) in [7, 11) is 9.06. The number of hydrogen-bond donors (Lipinski definition) is 0. The normalized spacial score (nSPS) is 14.1. The summed E-state index contributed by atoms with van der Waals surface area (Å²) in [6, 6.07) is 6.64. The van der Waals surface area contributed by atoms with Crippen molar-refractivity contribution in [2.75, 3.05) is 42.7 Å². The quantitative estimate of drug-likeness (QED) is 0.467. The van der Waals surface area contributed by atoms with Crippen molar-refractivity contribution in [2.24, 2.45) is 4.99 Å². The molecule has 1 aliphatic heterocycles. The maximum atomic E-state index is 12.5. The molecule has 31 heavy (non-hydrogen) atoms. The maximum absolute atomic E-state index is 12.5. The molecule has 0 fully saturated rings. The molecule has 1 heterocycles. The van der Waals surface area contributed by atoms with Gasteiger partial charge in [0.2, 0.25) is 11.6 Å². The van der Waals surface area contributed by atoms with Gasteiger partial charge in [-0.3, -0.25) is 0 Å². The first-order valence-corrected chi connectivity index (χ1v) is 9.12. The Morgan fingerprint density at radius 1 is 0.710 bits per heavy atom. The van der Waals surface area contributed by atoms with Gasteiger partial charge in [-0.15, -0.1) is 0 Å². The Kier molecular flexibility index (Phi) is 6.54. The number of nitrogens with zero attached hydrogens (tertiary/aromatic N) is 1. The minimum absolute atomic E-state index is 0.0919. The number of carbonyl (C=O) groups is 1. The summed E-state index contributed by atoms with van der Waals surface area (Å²) < 4.78 is 37.4. The molecule has 2 aromatic rings. The van der Waals surface area contributed by atoms with E-state index < -0.39 is 5.97 Å². The highest BCUT2D eigenvalue weighted by atomic mass is 16.6. The van der Waals surface area contributed by atoms with Crippen LogP contribution in [0.25, 0.3) is 6.08 Å². The van der Waals surface area contributed by atoms with Gasteiger partial charge in [0.1, 0.15) is 5.75 Å². The summed E-state index contributed by atoms with van der Waals surface area (Å²) in [6.07, 6.45) is 1.55. The van der Waals surface area contributed by atoms with Crippen molar-refractivity contribution in [3.05, 3.63) is 41.1 Å². The molecule has 164 valence electrons. The van der Waals surface area contributed by atoms with Crippen molar-refractivity contribution in [1.82, 2.24) is 0 Å². The molecule has 0 saturated heterocycles. The van der Waals surface area contributed by atoms with E-state index in [1.807, 2.05) is 0 Å². The van der Waals surface area contributed by atoms with E-state index in [9.17, 15) is 4.79 Å². The lowest BCUT2D eigenvalue weighted by Gasteiger charge is -2.13. The van der Waals surface area contributed by atoms with Gasteiger partial charge >= 0.3 is 5.97 Å². The standard InChI is InChI=1S/C22H23NO8/c1-25-15-11-17(27-3)16(26-2)8-12(15)7-14-22(24)31-21(23-14)13-9-18(28-4)20(30-6)19(10-13)29-5/h7-11H,1-6H3. The third kappa shape index (κ3) is 4.20. The topological polar surface area (TPSA) is 94.0 Å². The highest BCUT2D eigenvalue weighted by Gasteiger charge is 2.27. The third-order valence-corrected chi connectivity index (χ3v) is 4.56. The van der Waals surface area contributed by atoms with Crippen LogP contribution in [-0.2, 0) is 9.53 Å². The zero-order valence-electron chi connectivity index (χ0n) is 18.1. The van der Waals surface area contributed by atoms with E-state index in [1.54, 1.807) is 30.3 Å². The van der Waals surface area contributed by atoms with Gasteiger partial charge in [0.05, 0.1) is 42.7 Å². The Labute approximate surface area is 179 Å². The van der Waals surface area contributed by atoms with Crippen LogP contribution in [-0.4, -0.2) is 54.5 Å². The number of cyclic esters (lactones) is 1. The monoisotopic (exact) mass is 429 g/mol. The summed E-state index contributed by atoms with van der Waals surface area (Å²) in [6.45, 7) is 0. The zero-order valence-corrected chi connectivity index (χ0v) is 18.1. The minimum atomic E-state index is -0.611. The van der Waals surface area contributed by atoms with Crippen molar-refractivity contribution in [2.45, 2.75) is 0 Å². The molecule has 0 N–H and O–H groups in total. The first kappa shape index (κ1) is 21.8. The van der Waals surface area contributed by atoms with E-state index in [2.05, 4.69) is 4.99 Å². The summed E-state index contributed by atoms with van der Waals surface area (Å²) in [5.74, 6) is 2.20. The first-order chi connectivity index (χ1) is 15.0. The predicted molar refractivity (Wildman–Crippen MR) is 113 cm³/mol. The van der Waals surface area contributed by atoms with Crippen LogP contribution in [0.15, 0.2) is 35.0 Å². The van der Waals surface area contributed by atoms with Crippen LogP contribution in [0.4, 0.5) is 0 Å². The summed E-state index contributed by atoms with van der Waals surface area (Å²) in [5.41, 5.74) is 1.15. The average molecular weight is 429 g/mol. The zero-order chi connectivity index (χ0) is 22.5. The first-order valence-electron chi connectivity index (χ1n) is 9.12. The molecule has 0 atom stereocenters. The molecule has 0 radical (unpaired) electrons. The molecule has 0 spiro atoms. The Hall–Kier alpha value is -3.88. The van der Waals surface area contributed by atoms with E-state index in [1.165, 1.54) is 42.7 Å². The van der Waals surface area contributed by atoms with Crippen LogP contribution in [0.3, 0.4) is 0 Å². The fourth-order valence-corrected chi connectivity index (χ4v) is 3.05. The number of esters is 1. The molecule has 0 saturated carbocycles. The van der Waals surface area contributed by atoms with Gasteiger partial charge in [-0.25, -0.2) is 9.79 Å². The number of methoxy groups -OCH3 is 6. The van der Waals surface area contributed by atoms with Crippen LogP contribution < -0.4 is 28.4 Å². The summed E-state index contributed by atoms with van der Waals surface area (Å²) in [4.78, 5) is 16.8. The average Bonchev–Trinajstić information content (AvgIpc) is 3.17. The van der Waals surface area contributed by atoms with Gasteiger partial charge in [0.15, 0.2) is 28.7 Å². The number of carbonyl (C=O) groups excluding carboxylic acids is 1. The van der Waals surface area contributed by atoms with Crippen molar-refractivity contribution in [1.29, 1.82) is 0 Å². The molecule has 0 aromatic heterocycles. The van der Waals surface area contributed by atoms with E-state index in [-0.39, 0.29) is 11.6 Å². The van der Waals surface area contributed by atoms with E-state index in [0.29, 0.717) is 45.6 Å². The van der Waals surface area contributed by atoms with Gasteiger partial charge < -0.3 is 33.2 Å². The van der Waals surface area contributed by atoms with Crippen LogP contribution in [0, 0.1) is 0 Å². The molecule has 9 heteroatoms. The summed E-state index contributed by atoms with van der Waals surface area (Å²) in [5, 5.41) is 0. The molecular weight excluding hydrogens is 406 g/mol. The van der Waals surface area contributed by atoms with Gasteiger partial charge in [0.25, 0.3) is 0 Å². The highest BCUT2D eigenvalue weighted by Crippen LogP contribution is 2.39. The lowest BCUT2D eigenvalue weighted by Crippen LogP contribution is -2.07.